The molecule has 24 heteroatoms. The zero-order valence-corrected chi connectivity index (χ0v) is 32.5. The molecule has 24 nitrogen and oxygen atoms in total. The Morgan fingerprint density at radius 3 is 0.288 bits per heavy atom. The van der Waals surface area contributed by atoms with Gasteiger partial charge in [-0.15, -0.1) is 0 Å². The second kappa shape index (κ2) is 47.8. The Labute approximate surface area is 338 Å². The molecular formula is C35H58O24. The lowest BCUT2D eigenvalue weighted by Crippen LogP contribution is -1.98. The van der Waals surface area contributed by atoms with Crippen LogP contribution in [0.1, 0.15) is 148 Å². The third-order valence-electron chi connectivity index (χ3n) is 5.94. The maximum Gasteiger partial charge on any atom is 0.303 e. The molecule has 0 aromatic rings. The van der Waals surface area contributed by atoms with Crippen molar-refractivity contribution in [1.29, 1.82) is 0 Å². The fourth-order valence-corrected chi connectivity index (χ4v) is 3.15. The van der Waals surface area contributed by atoms with Crippen molar-refractivity contribution in [3.05, 3.63) is 0 Å². The van der Waals surface area contributed by atoms with Gasteiger partial charge in [0.15, 0.2) is 0 Å². The van der Waals surface area contributed by atoms with Crippen LogP contribution in [0.4, 0.5) is 0 Å². The summed E-state index contributed by atoms with van der Waals surface area (Å²) < 4.78 is 0. The van der Waals surface area contributed by atoms with Crippen LogP contribution in [-0.2, 0) is 57.5 Å². The Bertz CT molecular complexity index is 978. The van der Waals surface area contributed by atoms with E-state index >= 15 is 0 Å². The maximum atomic E-state index is 9.90. The number of hydrogen-bond acceptors (Lipinski definition) is 12. The van der Waals surface area contributed by atoms with Crippen LogP contribution in [0, 0.1) is 0 Å². The molecule has 0 aromatic heterocycles. The van der Waals surface area contributed by atoms with Crippen molar-refractivity contribution in [2.75, 3.05) is 0 Å². The molecule has 0 spiro atoms. The number of carbonyl (C=O) groups is 12. The first kappa shape index (κ1) is 64.5. The monoisotopic (exact) mass is 862 g/mol. The molecular weight excluding hydrogens is 804 g/mol. The quantitative estimate of drug-likeness (QED) is 0.0474. The maximum absolute atomic E-state index is 9.90. The van der Waals surface area contributed by atoms with Crippen LogP contribution in [0.2, 0.25) is 0 Å². The van der Waals surface area contributed by atoms with Crippen molar-refractivity contribution in [1.82, 2.24) is 0 Å². The number of carboxylic acids is 12. The van der Waals surface area contributed by atoms with Crippen LogP contribution in [0.3, 0.4) is 0 Å². The lowest BCUT2D eigenvalue weighted by atomic mass is 10.2. The smallest absolute Gasteiger partial charge is 0.303 e. The molecule has 12 N–H and O–H groups in total. The lowest BCUT2D eigenvalue weighted by molar-refractivity contribution is -0.140. The van der Waals surface area contributed by atoms with E-state index in [4.69, 9.17) is 61.3 Å². The summed E-state index contributed by atoms with van der Waals surface area (Å²) in [7, 11) is 0. The minimum absolute atomic E-state index is 0.0628. The Morgan fingerprint density at radius 2 is 0.220 bits per heavy atom. The highest BCUT2D eigenvalue weighted by atomic mass is 16.4. The Morgan fingerprint density at radius 1 is 0.153 bits per heavy atom. The summed E-state index contributed by atoms with van der Waals surface area (Å²) in [5.74, 6) is -10.6. The predicted molar refractivity (Wildman–Crippen MR) is 198 cm³/mol. The molecule has 0 aromatic carbocycles. The molecule has 0 aliphatic heterocycles. The van der Waals surface area contributed by atoms with Gasteiger partial charge in [0.2, 0.25) is 0 Å². The van der Waals surface area contributed by atoms with E-state index in [0.717, 1.165) is 0 Å². The third-order valence-corrected chi connectivity index (χ3v) is 5.94. The van der Waals surface area contributed by atoms with E-state index in [1.807, 2.05) is 0 Å². The zero-order valence-electron chi connectivity index (χ0n) is 32.5. The van der Waals surface area contributed by atoms with Gasteiger partial charge in [-0.1, -0.05) is 0 Å². The second-order valence-corrected chi connectivity index (χ2v) is 11.6. The highest BCUT2D eigenvalue weighted by Crippen LogP contribution is 2.02. The van der Waals surface area contributed by atoms with Crippen molar-refractivity contribution >= 4 is 71.6 Å². The van der Waals surface area contributed by atoms with Crippen LogP contribution in [0.25, 0.3) is 0 Å². The first-order valence-corrected chi connectivity index (χ1v) is 17.9. The van der Waals surface area contributed by atoms with Crippen molar-refractivity contribution < 1.29 is 119 Å². The van der Waals surface area contributed by atoms with Crippen molar-refractivity contribution in [3.63, 3.8) is 0 Å². The van der Waals surface area contributed by atoms with Gasteiger partial charge >= 0.3 is 71.6 Å². The highest BCUT2D eigenvalue weighted by molar-refractivity contribution is 5.71. The summed E-state index contributed by atoms with van der Waals surface area (Å²) in [5, 5.41) is 97.4. The van der Waals surface area contributed by atoms with Gasteiger partial charge in [-0.25, -0.2) is 0 Å². The SMILES string of the molecule is O=C(O)CCCC(=O)O.O=C(O)CCCCC(=O)O.O=C(O)CCCCC(=O)O.O=C(O)CCCCC(=O)O.O=C(O)CCCCC(=O)O.O=C(O)CCCCC(=O)O. The third kappa shape index (κ3) is 106. The highest BCUT2D eigenvalue weighted by Gasteiger charge is 2.03. The van der Waals surface area contributed by atoms with Crippen molar-refractivity contribution in [3.8, 4) is 0 Å². The minimum atomic E-state index is -0.948. The van der Waals surface area contributed by atoms with E-state index < -0.39 is 71.6 Å². The van der Waals surface area contributed by atoms with Gasteiger partial charge < -0.3 is 61.3 Å². The van der Waals surface area contributed by atoms with Crippen molar-refractivity contribution in [2.45, 2.75) is 148 Å². The summed E-state index contributed by atoms with van der Waals surface area (Å²) >= 11 is 0. The van der Waals surface area contributed by atoms with Gasteiger partial charge in [-0.05, 0) is 70.6 Å². The van der Waals surface area contributed by atoms with Crippen LogP contribution in [0.5, 0.6) is 0 Å². The van der Waals surface area contributed by atoms with Gasteiger partial charge in [0, 0.05) is 77.0 Å². The molecule has 0 saturated carbocycles. The average molecular weight is 863 g/mol. The molecule has 0 rings (SSSR count). The summed E-state index contributed by atoms with van der Waals surface area (Å²) in [6, 6.07) is 0. The molecule has 0 atom stereocenters. The van der Waals surface area contributed by atoms with Gasteiger partial charge in [0.25, 0.3) is 0 Å². The van der Waals surface area contributed by atoms with Crippen LogP contribution < -0.4 is 0 Å². The van der Waals surface area contributed by atoms with Crippen LogP contribution in [0.15, 0.2) is 0 Å². The predicted octanol–water partition coefficient (Wildman–Crippen LogP) is 3.91. The summed E-state index contributed by atoms with van der Waals surface area (Å²) in [5.41, 5.74) is 0. The summed E-state index contributed by atoms with van der Waals surface area (Å²) in [6.07, 6.45) is 5.17. The molecule has 0 aliphatic carbocycles. The van der Waals surface area contributed by atoms with Gasteiger partial charge in [-0.3, -0.25) is 57.5 Å². The lowest BCUT2D eigenvalue weighted by Gasteiger charge is -1.92. The molecule has 0 unspecified atom stereocenters. The molecule has 0 bridgehead atoms. The largest absolute Gasteiger partial charge is 0.481 e. The number of carboxylic acid groups (broad SMARTS) is 12. The molecule has 0 saturated heterocycles. The van der Waals surface area contributed by atoms with Crippen LogP contribution >= 0.6 is 0 Å². The average Bonchev–Trinajstić information content (AvgIpc) is 3.08. The Hall–Kier alpha value is -6.36. The number of hydrogen-bond donors (Lipinski definition) is 12. The van der Waals surface area contributed by atoms with E-state index in [-0.39, 0.29) is 83.5 Å². The molecule has 0 aliphatic rings. The molecule has 0 radical (unpaired) electrons. The fraction of sp³-hybridized carbons (Fsp3) is 0.657. The second-order valence-electron chi connectivity index (χ2n) is 11.6. The van der Waals surface area contributed by atoms with E-state index in [9.17, 15) is 57.5 Å². The number of unbranched alkanes of at least 4 members (excludes halogenated alkanes) is 5. The van der Waals surface area contributed by atoms with Crippen molar-refractivity contribution in [2.24, 2.45) is 0 Å². The molecule has 59 heavy (non-hydrogen) atoms. The van der Waals surface area contributed by atoms with Gasteiger partial charge in [-0.2, -0.15) is 0 Å². The van der Waals surface area contributed by atoms with E-state index in [2.05, 4.69) is 0 Å². The molecule has 0 heterocycles. The van der Waals surface area contributed by atoms with Crippen LogP contribution in [-0.4, -0.2) is 133 Å². The summed E-state index contributed by atoms with van der Waals surface area (Å²) in [6.45, 7) is 0. The standard InChI is InChI=1S/5C6H10O4.C5H8O4/c5*7-5(8)3-1-2-4-6(9)10;6-4(7)2-1-3-5(8)9/h5*1-4H2,(H,7,8)(H,9,10);1-3H2,(H,6,7)(H,8,9). The van der Waals surface area contributed by atoms with E-state index in [1.165, 1.54) is 0 Å². The fourth-order valence-electron chi connectivity index (χ4n) is 3.15. The van der Waals surface area contributed by atoms with Gasteiger partial charge in [0.1, 0.15) is 0 Å². The Kier molecular flexibility index (Phi) is 52.3. The minimum Gasteiger partial charge on any atom is -0.481 e. The zero-order chi connectivity index (χ0) is 47.2. The normalized spacial score (nSPS) is 9.15. The summed E-state index contributed by atoms with van der Waals surface area (Å²) in [4.78, 5) is 119. The number of aliphatic carboxylic acids is 12. The molecule has 0 amide bonds. The van der Waals surface area contributed by atoms with E-state index in [1.54, 1.807) is 0 Å². The first-order chi connectivity index (χ1) is 27.3. The first-order valence-electron chi connectivity index (χ1n) is 17.9. The van der Waals surface area contributed by atoms with Gasteiger partial charge in [0.05, 0.1) is 0 Å². The molecule has 342 valence electrons. The topological polar surface area (TPSA) is 448 Å². The Balaban J connectivity index is -0.000000143. The molecule has 0 fully saturated rings. The van der Waals surface area contributed by atoms with E-state index in [0.29, 0.717) is 64.2 Å². The number of rotatable bonds is 29.